The Labute approximate surface area is 178 Å². The summed E-state index contributed by atoms with van der Waals surface area (Å²) in [5, 5.41) is 0. The molecule has 0 aliphatic carbocycles. The predicted molar refractivity (Wildman–Crippen MR) is 106 cm³/mol. The maximum atomic E-state index is 12.9. The highest BCUT2D eigenvalue weighted by Gasteiger charge is 2.35. The van der Waals surface area contributed by atoms with Gasteiger partial charge in [0, 0.05) is 26.2 Å². The van der Waals surface area contributed by atoms with E-state index in [9.17, 15) is 26.4 Å². The fourth-order valence-electron chi connectivity index (χ4n) is 3.86. The number of hydrogen-bond donors (Lipinski definition) is 0. The van der Waals surface area contributed by atoms with E-state index >= 15 is 0 Å². The quantitative estimate of drug-likeness (QED) is 0.716. The van der Waals surface area contributed by atoms with E-state index in [1.54, 1.807) is 4.90 Å². The van der Waals surface area contributed by atoms with Crippen molar-refractivity contribution in [2.75, 3.05) is 32.8 Å². The van der Waals surface area contributed by atoms with E-state index in [1.165, 1.54) is 4.31 Å². The highest BCUT2D eigenvalue weighted by molar-refractivity contribution is 7.89. The molecule has 1 saturated heterocycles. The normalized spacial score (nSPS) is 20.1. The maximum Gasteiger partial charge on any atom is 0.416 e. The van der Waals surface area contributed by atoms with Crippen LogP contribution in [0.2, 0.25) is 0 Å². The van der Waals surface area contributed by atoms with Gasteiger partial charge in [-0.15, -0.1) is 0 Å². The van der Waals surface area contributed by atoms with Crippen LogP contribution in [-0.2, 0) is 27.4 Å². The average Bonchev–Trinajstić information content (AvgIpc) is 2.78. The number of piperazine rings is 1. The van der Waals surface area contributed by atoms with Gasteiger partial charge >= 0.3 is 6.18 Å². The number of benzene rings is 2. The second-order valence-corrected chi connectivity index (χ2v) is 9.51. The zero-order valence-electron chi connectivity index (χ0n) is 16.5. The molecule has 2 aliphatic rings. The minimum atomic E-state index is -4.53. The van der Waals surface area contributed by atoms with Crippen LogP contribution in [0.1, 0.15) is 11.1 Å². The molecule has 0 radical (unpaired) electrons. The second kappa shape index (κ2) is 8.16. The number of carbonyl (C=O) groups is 1. The fourth-order valence-corrected chi connectivity index (χ4v) is 5.28. The molecule has 10 heteroatoms. The first kappa shape index (κ1) is 21.6. The summed E-state index contributed by atoms with van der Waals surface area (Å²) in [6.45, 7) is 0.881. The van der Waals surface area contributed by atoms with Gasteiger partial charge in [0.1, 0.15) is 12.4 Å². The Morgan fingerprint density at radius 2 is 1.61 bits per heavy atom. The minimum absolute atomic E-state index is 0.0823. The van der Waals surface area contributed by atoms with Crippen molar-refractivity contribution < 1.29 is 31.1 Å². The molecular formula is C21H21F3N2O4S. The Bertz CT molecular complexity index is 1060. The highest BCUT2D eigenvalue weighted by Crippen LogP contribution is 2.31. The van der Waals surface area contributed by atoms with Gasteiger partial charge in [-0.3, -0.25) is 4.79 Å². The number of rotatable bonds is 3. The molecule has 1 atom stereocenters. The first-order chi connectivity index (χ1) is 14.7. The summed E-state index contributed by atoms with van der Waals surface area (Å²) in [4.78, 5) is 14.3. The number of sulfonamides is 1. The number of para-hydroxylation sites is 1. The van der Waals surface area contributed by atoms with Crippen molar-refractivity contribution in [1.29, 1.82) is 0 Å². The van der Waals surface area contributed by atoms with Crippen molar-refractivity contribution >= 4 is 15.9 Å². The monoisotopic (exact) mass is 454 g/mol. The lowest BCUT2D eigenvalue weighted by atomic mass is 9.95. The Balaban J connectivity index is 1.38. The molecule has 0 N–H and O–H groups in total. The summed E-state index contributed by atoms with van der Waals surface area (Å²) in [5.41, 5.74) is 0.0637. The molecule has 2 aromatic carbocycles. The molecule has 2 aliphatic heterocycles. The van der Waals surface area contributed by atoms with Gasteiger partial charge in [-0.1, -0.05) is 18.2 Å². The molecule has 2 heterocycles. The SMILES string of the molecule is O=C(C1COc2ccccc2C1)N1CCN(S(=O)(=O)c2ccc(C(F)(F)F)cc2)CC1. The van der Waals surface area contributed by atoms with E-state index in [0.717, 1.165) is 35.6 Å². The molecule has 166 valence electrons. The third-order valence-electron chi connectivity index (χ3n) is 5.60. The van der Waals surface area contributed by atoms with Crippen molar-refractivity contribution in [2.45, 2.75) is 17.5 Å². The maximum absolute atomic E-state index is 12.9. The van der Waals surface area contributed by atoms with Gasteiger partial charge in [0.2, 0.25) is 15.9 Å². The van der Waals surface area contributed by atoms with E-state index in [4.69, 9.17) is 4.74 Å². The van der Waals surface area contributed by atoms with Crippen molar-refractivity contribution in [1.82, 2.24) is 9.21 Å². The summed E-state index contributed by atoms with van der Waals surface area (Å²) in [7, 11) is -3.93. The summed E-state index contributed by atoms with van der Waals surface area (Å²) in [6, 6.07) is 11.0. The molecule has 31 heavy (non-hydrogen) atoms. The molecule has 0 spiro atoms. The third-order valence-corrected chi connectivity index (χ3v) is 7.51. The van der Waals surface area contributed by atoms with Crippen LogP contribution in [0.25, 0.3) is 0 Å². The third kappa shape index (κ3) is 4.40. The van der Waals surface area contributed by atoms with Gasteiger partial charge in [-0.2, -0.15) is 17.5 Å². The lowest BCUT2D eigenvalue weighted by Gasteiger charge is -2.36. The summed E-state index contributed by atoms with van der Waals surface area (Å²) in [5.74, 6) is 0.369. The standard InChI is InChI=1S/C21H21F3N2O4S/c22-21(23,24)17-5-7-18(8-6-17)31(28,29)26-11-9-25(10-12-26)20(27)16-13-15-3-1-2-4-19(15)30-14-16/h1-8,16H,9-14H2. The van der Waals surface area contributed by atoms with Crippen molar-refractivity contribution in [3.05, 3.63) is 59.7 Å². The zero-order valence-corrected chi connectivity index (χ0v) is 17.3. The van der Waals surface area contributed by atoms with Crippen LogP contribution >= 0.6 is 0 Å². The van der Waals surface area contributed by atoms with Crippen LogP contribution in [0.15, 0.2) is 53.4 Å². The summed E-state index contributed by atoms with van der Waals surface area (Å²) in [6.07, 6.45) is -3.96. The van der Waals surface area contributed by atoms with Crippen molar-refractivity contribution in [3.8, 4) is 5.75 Å². The van der Waals surface area contributed by atoms with Gasteiger partial charge in [-0.25, -0.2) is 8.42 Å². The van der Waals surface area contributed by atoms with E-state index in [1.807, 2.05) is 24.3 Å². The molecule has 1 fully saturated rings. The Morgan fingerprint density at radius 1 is 0.968 bits per heavy atom. The largest absolute Gasteiger partial charge is 0.492 e. The zero-order chi connectivity index (χ0) is 22.2. The van der Waals surface area contributed by atoms with Gasteiger partial charge in [0.25, 0.3) is 0 Å². The average molecular weight is 454 g/mol. The molecular weight excluding hydrogens is 433 g/mol. The van der Waals surface area contributed by atoms with E-state index in [0.29, 0.717) is 6.42 Å². The Hall–Kier alpha value is -2.59. The van der Waals surface area contributed by atoms with Crippen LogP contribution in [0.5, 0.6) is 5.75 Å². The van der Waals surface area contributed by atoms with Gasteiger partial charge in [-0.05, 0) is 42.3 Å². The fraction of sp³-hybridized carbons (Fsp3) is 0.381. The number of fused-ring (bicyclic) bond motifs is 1. The van der Waals surface area contributed by atoms with Gasteiger partial charge < -0.3 is 9.64 Å². The van der Waals surface area contributed by atoms with Crippen LogP contribution < -0.4 is 4.74 Å². The van der Waals surface area contributed by atoms with Crippen LogP contribution in [0.4, 0.5) is 13.2 Å². The second-order valence-electron chi connectivity index (χ2n) is 7.57. The van der Waals surface area contributed by atoms with Crippen molar-refractivity contribution in [2.24, 2.45) is 5.92 Å². The summed E-state index contributed by atoms with van der Waals surface area (Å²) < 4.78 is 70.6. The van der Waals surface area contributed by atoms with E-state index in [-0.39, 0.29) is 49.5 Å². The predicted octanol–water partition coefficient (Wildman–Crippen LogP) is 2.79. The molecule has 1 amide bonds. The van der Waals surface area contributed by atoms with E-state index in [2.05, 4.69) is 0 Å². The molecule has 1 unspecified atom stereocenters. The molecule has 6 nitrogen and oxygen atoms in total. The number of nitrogens with zero attached hydrogens (tertiary/aromatic N) is 2. The Morgan fingerprint density at radius 3 is 2.26 bits per heavy atom. The topological polar surface area (TPSA) is 66.9 Å². The van der Waals surface area contributed by atoms with Crippen LogP contribution in [0.3, 0.4) is 0 Å². The highest BCUT2D eigenvalue weighted by atomic mass is 32.2. The van der Waals surface area contributed by atoms with Gasteiger partial charge in [0.15, 0.2) is 0 Å². The van der Waals surface area contributed by atoms with Crippen LogP contribution in [0, 0.1) is 5.92 Å². The number of carbonyl (C=O) groups excluding carboxylic acids is 1. The van der Waals surface area contributed by atoms with Gasteiger partial charge in [0.05, 0.1) is 16.4 Å². The summed E-state index contributed by atoms with van der Waals surface area (Å²) >= 11 is 0. The lowest BCUT2D eigenvalue weighted by Crippen LogP contribution is -2.52. The lowest BCUT2D eigenvalue weighted by molar-refractivity contribution is -0.138. The van der Waals surface area contributed by atoms with Crippen LogP contribution in [-0.4, -0.2) is 56.3 Å². The molecule has 2 aromatic rings. The smallest absolute Gasteiger partial charge is 0.416 e. The van der Waals surface area contributed by atoms with E-state index < -0.39 is 21.8 Å². The number of ether oxygens (including phenoxy) is 1. The molecule has 0 bridgehead atoms. The first-order valence-corrected chi connectivity index (χ1v) is 11.3. The molecule has 4 rings (SSSR count). The minimum Gasteiger partial charge on any atom is -0.492 e. The first-order valence-electron chi connectivity index (χ1n) is 9.83. The number of alkyl halides is 3. The van der Waals surface area contributed by atoms with Crippen molar-refractivity contribution in [3.63, 3.8) is 0 Å². The molecule has 0 saturated carbocycles. The number of hydrogen-bond acceptors (Lipinski definition) is 4. The Kier molecular flexibility index (Phi) is 5.69. The number of amides is 1. The molecule has 0 aromatic heterocycles. The number of halogens is 3.